The molecule has 0 radical (unpaired) electrons. The van der Waals surface area contributed by atoms with E-state index in [4.69, 9.17) is 14.0 Å². The first-order valence-corrected chi connectivity index (χ1v) is 8.98. The molecule has 1 aliphatic heterocycles. The van der Waals surface area contributed by atoms with E-state index in [9.17, 15) is 4.79 Å². The Labute approximate surface area is 153 Å². The van der Waals surface area contributed by atoms with E-state index >= 15 is 0 Å². The summed E-state index contributed by atoms with van der Waals surface area (Å²) in [7, 11) is 3.41. The standard InChI is InChI=1S/C19H25N3O4/c1-22(11-10-16-5-3-4-12-25-16)18(23)13-17-20-19(21-26-17)14-6-8-15(24-2)9-7-14/h6-9,16H,3-5,10-13H2,1-2H3. The van der Waals surface area contributed by atoms with Crippen molar-refractivity contribution in [3.05, 3.63) is 30.2 Å². The van der Waals surface area contributed by atoms with Crippen molar-refractivity contribution >= 4 is 5.91 Å². The Morgan fingerprint density at radius 2 is 2.12 bits per heavy atom. The molecule has 0 saturated carbocycles. The average molecular weight is 359 g/mol. The largest absolute Gasteiger partial charge is 0.497 e. The Hall–Kier alpha value is -2.41. The molecule has 140 valence electrons. The third kappa shape index (κ3) is 4.82. The maximum Gasteiger partial charge on any atom is 0.236 e. The number of hydrogen-bond acceptors (Lipinski definition) is 6. The lowest BCUT2D eigenvalue weighted by molar-refractivity contribution is -0.130. The van der Waals surface area contributed by atoms with Crippen LogP contribution in [0.2, 0.25) is 0 Å². The highest BCUT2D eigenvalue weighted by Gasteiger charge is 2.18. The third-order valence-electron chi connectivity index (χ3n) is 4.60. The van der Waals surface area contributed by atoms with E-state index in [0.29, 0.717) is 18.3 Å². The van der Waals surface area contributed by atoms with Crippen LogP contribution >= 0.6 is 0 Å². The Morgan fingerprint density at radius 1 is 1.31 bits per heavy atom. The van der Waals surface area contributed by atoms with Crippen LogP contribution < -0.4 is 4.74 Å². The highest BCUT2D eigenvalue weighted by atomic mass is 16.5. The van der Waals surface area contributed by atoms with Crippen molar-refractivity contribution in [2.45, 2.75) is 38.2 Å². The van der Waals surface area contributed by atoms with Gasteiger partial charge in [0.2, 0.25) is 17.6 Å². The second-order valence-electron chi connectivity index (χ2n) is 6.51. The van der Waals surface area contributed by atoms with E-state index in [1.807, 2.05) is 24.3 Å². The molecular formula is C19H25N3O4. The quantitative estimate of drug-likeness (QED) is 0.756. The molecule has 1 amide bonds. The number of rotatable bonds is 7. The number of likely N-dealkylation sites (N-methyl/N-ethyl adjacent to an activating group) is 1. The minimum Gasteiger partial charge on any atom is -0.497 e. The van der Waals surface area contributed by atoms with E-state index in [2.05, 4.69) is 10.1 Å². The highest BCUT2D eigenvalue weighted by molar-refractivity contribution is 5.77. The Balaban J connectivity index is 1.51. The summed E-state index contributed by atoms with van der Waals surface area (Å²) < 4.78 is 16.1. The minimum atomic E-state index is -0.0364. The van der Waals surface area contributed by atoms with Crippen LogP contribution in [-0.4, -0.2) is 54.4 Å². The normalized spacial score (nSPS) is 17.1. The average Bonchev–Trinajstić information content (AvgIpc) is 3.15. The number of ether oxygens (including phenoxy) is 2. The lowest BCUT2D eigenvalue weighted by Gasteiger charge is -2.25. The van der Waals surface area contributed by atoms with Crippen LogP contribution in [-0.2, 0) is 16.0 Å². The molecule has 1 fully saturated rings. The number of nitrogens with zero attached hydrogens (tertiary/aromatic N) is 3. The van der Waals surface area contributed by atoms with Gasteiger partial charge in [-0.25, -0.2) is 0 Å². The predicted octanol–water partition coefficient (Wildman–Crippen LogP) is 2.71. The van der Waals surface area contributed by atoms with Gasteiger partial charge in [-0.1, -0.05) is 5.16 Å². The molecule has 1 saturated heterocycles. The maximum atomic E-state index is 12.4. The second-order valence-corrected chi connectivity index (χ2v) is 6.51. The molecule has 7 heteroatoms. The van der Waals surface area contributed by atoms with Crippen molar-refractivity contribution in [1.82, 2.24) is 15.0 Å². The first-order valence-electron chi connectivity index (χ1n) is 8.98. The van der Waals surface area contributed by atoms with Crippen molar-refractivity contribution in [3.8, 4) is 17.1 Å². The Kier molecular flexibility index (Phi) is 6.22. The Morgan fingerprint density at radius 3 is 2.81 bits per heavy atom. The fraction of sp³-hybridized carbons (Fsp3) is 0.526. The van der Waals surface area contributed by atoms with Crippen LogP contribution in [0, 0.1) is 0 Å². The number of methoxy groups -OCH3 is 1. The molecule has 26 heavy (non-hydrogen) atoms. The number of benzene rings is 1. The molecule has 0 aliphatic carbocycles. The van der Waals surface area contributed by atoms with E-state index in [1.54, 1.807) is 19.1 Å². The minimum absolute atomic E-state index is 0.0364. The molecule has 0 spiro atoms. The zero-order valence-electron chi connectivity index (χ0n) is 15.3. The van der Waals surface area contributed by atoms with Gasteiger partial charge in [0.25, 0.3) is 0 Å². The number of carbonyl (C=O) groups excluding carboxylic acids is 1. The molecule has 1 aromatic heterocycles. The maximum absolute atomic E-state index is 12.4. The molecule has 0 N–H and O–H groups in total. The topological polar surface area (TPSA) is 77.7 Å². The van der Waals surface area contributed by atoms with Gasteiger partial charge in [0.15, 0.2) is 0 Å². The first-order chi connectivity index (χ1) is 12.7. The molecule has 0 bridgehead atoms. The number of hydrogen-bond donors (Lipinski definition) is 0. The molecule has 1 atom stereocenters. The fourth-order valence-corrected chi connectivity index (χ4v) is 2.95. The predicted molar refractivity (Wildman–Crippen MR) is 95.8 cm³/mol. The summed E-state index contributed by atoms with van der Waals surface area (Å²) in [6.45, 7) is 1.50. The molecule has 7 nitrogen and oxygen atoms in total. The molecule has 2 aromatic rings. The summed E-state index contributed by atoms with van der Waals surface area (Å²) in [6, 6.07) is 7.37. The van der Waals surface area contributed by atoms with Gasteiger partial charge in [0.1, 0.15) is 12.2 Å². The van der Waals surface area contributed by atoms with E-state index < -0.39 is 0 Å². The number of aromatic nitrogens is 2. The van der Waals surface area contributed by atoms with Gasteiger partial charge in [-0.05, 0) is 49.9 Å². The van der Waals surface area contributed by atoms with Crippen LogP contribution in [0.4, 0.5) is 0 Å². The van der Waals surface area contributed by atoms with Gasteiger partial charge in [-0.2, -0.15) is 4.98 Å². The van der Waals surface area contributed by atoms with Gasteiger partial charge in [0, 0.05) is 25.8 Å². The molecular weight excluding hydrogens is 334 g/mol. The van der Waals surface area contributed by atoms with E-state index in [0.717, 1.165) is 37.2 Å². The zero-order chi connectivity index (χ0) is 18.4. The SMILES string of the molecule is COc1ccc(-c2noc(CC(=O)N(C)CCC3CCCCO3)n2)cc1. The van der Waals surface area contributed by atoms with Crippen molar-refractivity contribution in [1.29, 1.82) is 0 Å². The van der Waals surface area contributed by atoms with Crippen LogP contribution in [0.25, 0.3) is 11.4 Å². The van der Waals surface area contributed by atoms with Gasteiger partial charge in [0.05, 0.1) is 13.2 Å². The van der Waals surface area contributed by atoms with Crippen LogP contribution in [0.5, 0.6) is 5.75 Å². The fourth-order valence-electron chi connectivity index (χ4n) is 2.95. The highest BCUT2D eigenvalue weighted by Crippen LogP contribution is 2.20. The third-order valence-corrected chi connectivity index (χ3v) is 4.60. The van der Waals surface area contributed by atoms with E-state index in [-0.39, 0.29) is 18.4 Å². The second kappa shape index (κ2) is 8.80. The van der Waals surface area contributed by atoms with Crippen LogP contribution in [0.3, 0.4) is 0 Å². The van der Waals surface area contributed by atoms with Crippen molar-refractivity contribution in [2.75, 3.05) is 27.3 Å². The van der Waals surface area contributed by atoms with Crippen molar-refractivity contribution in [3.63, 3.8) is 0 Å². The van der Waals surface area contributed by atoms with Gasteiger partial charge in [-0.15, -0.1) is 0 Å². The molecule has 2 heterocycles. The summed E-state index contributed by atoms with van der Waals surface area (Å²) >= 11 is 0. The lowest BCUT2D eigenvalue weighted by Crippen LogP contribution is -2.32. The molecule has 3 rings (SSSR count). The zero-order valence-corrected chi connectivity index (χ0v) is 15.3. The van der Waals surface area contributed by atoms with Gasteiger partial charge >= 0.3 is 0 Å². The monoisotopic (exact) mass is 359 g/mol. The first kappa shape index (κ1) is 18.4. The Bertz CT molecular complexity index is 708. The lowest BCUT2D eigenvalue weighted by atomic mass is 10.1. The summed E-state index contributed by atoms with van der Waals surface area (Å²) in [4.78, 5) is 18.4. The summed E-state index contributed by atoms with van der Waals surface area (Å²) in [5, 5.41) is 3.96. The van der Waals surface area contributed by atoms with Crippen LogP contribution in [0.1, 0.15) is 31.6 Å². The van der Waals surface area contributed by atoms with Crippen LogP contribution in [0.15, 0.2) is 28.8 Å². The summed E-state index contributed by atoms with van der Waals surface area (Å²) in [6.07, 6.45) is 4.66. The summed E-state index contributed by atoms with van der Waals surface area (Å²) in [5.74, 6) is 1.51. The van der Waals surface area contributed by atoms with Crippen molar-refractivity contribution < 1.29 is 18.8 Å². The van der Waals surface area contributed by atoms with Gasteiger partial charge < -0.3 is 18.9 Å². The summed E-state index contributed by atoms with van der Waals surface area (Å²) in [5.41, 5.74) is 0.816. The molecule has 1 unspecified atom stereocenters. The van der Waals surface area contributed by atoms with E-state index in [1.165, 1.54) is 6.42 Å². The number of carbonyl (C=O) groups is 1. The van der Waals surface area contributed by atoms with Gasteiger partial charge in [-0.3, -0.25) is 4.79 Å². The number of amides is 1. The molecule has 1 aliphatic rings. The van der Waals surface area contributed by atoms with Crippen molar-refractivity contribution in [2.24, 2.45) is 0 Å². The smallest absolute Gasteiger partial charge is 0.236 e. The molecule has 1 aromatic carbocycles.